The number of anilines is 2. The van der Waals surface area contributed by atoms with Gasteiger partial charge in [0.2, 0.25) is 11.8 Å². The fourth-order valence-corrected chi connectivity index (χ4v) is 4.59. The Labute approximate surface area is 192 Å². The summed E-state index contributed by atoms with van der Waals surface area (Å²) >= 11 is 0.582. The molecule has 0 spiro atoms. The van der Waals surface area contributed by atoms with Crippen LogP contribution in [0.1, 0.15) is 23.2 Å². The van der Waals surface area contributed by atoms with Crippen molar-refractivity contribution in [2.45, 2.75) is 23.9 Å². The first kappa shape index (κ1) is 22.9. The van der Waals surface area contributed by atoms with Gasteiger partial charge in [-0.1, -0.05) is 30.4 Å². The van der Waals surface area contributed by atoms with E-state index in [-0.39, 0.29) is 28.0 Å². The number of fused-ring (bicyclic) bond motifs is 1. The second-order valence-corrected chi connectivity index (χ2v) is 8.73. The summed E-state index contributed by atoms with van der Waals surface area (Å²) in [5, 5.41) is 3.79. The van der Waals surface area contributed by atoms with Crippen molar-refractivity contribution in [2.24, 2.45) is 11.8 Å². The Bertz CT molecular complexity index is 1120. The van der Waals surface area contributed by atoms with Gasteiger partial charge >= 0.3 is 6.18 Å². The number of allylic oxidation sites excluding steroid dienone is 2. The third-order valence-corrected chi connectivity index (χ3v) is 6.56. The molecule has 0 radical (unpaired) electrons. The molecule has 0 aromatic heterocycles. The van der Waals surface area contributed by atoms with E-state index in [1.165, 1.54) is 24.3 Å². The Balaban J connectivity index is 1.52. The van der Waals surface area contributed by atoms with Crippen molar-refractivity contribution in [2.75, 3.05) is 16.1 Å². The maximum absolute atomic E-state index is 13.0. The van der Waals surface area contributed by atoms with Gasteiger partial charge in [-0.2, -0.15) is 13.2 Å². The van der Waals surface area contributed by atoms with E-state index < -0.39 is 29.7 Å². The molecular weight excluding hydrogens is 455 g/mol. The number of halogens is 3. The van der Waals surface area contributed by atoms with Crippen LogP contribution in [0.4, 0.5) is 24.5 Å². The quantitative estimate of drug-likeness (QED) is 0.491. The van der Waals surface area contributed by atoms with Gasteiger partial charge in [0.25, 0.3) is 5.91 Å². The van der Waals surface area contributed by atoms with E-state index in [1.807, 2.05) is 12.2 Å². The first-order valence-electron chi connectivity index (χ1n) is 10.2. The van der Waals surface area contributed by atoms with Gasteiger partial charge in [-0.25, -0.2) is 5.01 Å². The number of hydrogen-bond acceptors (Lipinski definition) is 4. The van der Waals surface area contributed by atoms with Crippen molar-refractivity contribution in [1.29, 1.82) is 0 Å². The lowest BCUT2D eigenvalue weighted by atomic mass is 9.80. The number of nitrogens with one attached hydrogen (secondary N) is 2. The lowest BCUT2D eigenvalue weighted by molar-refractivity contribution is -0.139. The van der Waals surface area contributed by atoms with E-state index in [4.69, 9.17) is 0 Å². The van der Waals surface area contributed by atoms with Gasteiger partial charge in [-0.3, -0.25) is 19.8 Å². The van der Waals surface area contributed by atoms with Gasteiger partial charge in [-0.05, 0) is 43.2 Å². The van der Waals surface area contributed by atoms with Crippen molar-refractivity contribution in [3.8, 4) is 0 Å². The number of thioether (sulfide) groups is 1. The van der Waals surface area contributed by atoms with Crippen LogP contribution in [0.2, 0.25) is 0 Å². The number of rotatable bonds is 5. The summed E-state index contributed by atoms with van der Waals surface area (Å²) < 4.78 is 37.8. The minimum atomic E-state index is -4.34. The summed E-state index contributed by atoms with van der Waals surface area (Å²) in [6, 6.07) is 12.4. The zero-order chi connectivity index (χ0) is 23.6. The van der Waals surface area contributed by atoms with E-state index >= 15 is 0 Å². The van der Waals surface area contributed by atoms with Crippen LogP contribution < -0.4 is 15.8 Å². The normalized spacial score (nSPS) is 20.3. The topological polar surface area (TPSA) is 78.5 Å². The highest BCUT2D eigenvalue weighted by atomic mass is 32.2. The predicted molar refractivity (Wildman–Crippen MR) is 119 cm³/mol. The highest BCUT2D eigenvalue weighted by Gasteiger charge is 2.42. The summed E-state index contributed by atoms with van der Waals surface area (Å²) in [5.41, 5.74) is 3.38. The van der Waals surface area contributed by atoms with Crippen LogP contribution in [0.15, 0.2) is 65.6 Å². The number of nitrogens with zero attached hydrogens (tertiary/aromatic N) is 1. The number of alkyl halides is 3. The Kier molecular flexibility index (Phi) is 6.46. The average Bonchev–Trinajstić information content (AvgIpc) is 2.80. The van der Waals surface area contributed by atoms with E-state index in [9.17, 15) is 27.6 Å². The standard InChI is InChI=1S/C23H20F3N3O3S/c24-23(25,26)13-33-19-11-4-3-10-18(19)27-20(30)14-6-5-7-15(12-14)29-22(32)17-9-2-1-8-16(17)21(31)28-29/h1-7,10-12,16-17H,8-9,13H2,(H,27,30)(H,28,31). The molecule has 6 nitrogen and oxygen atoms in total. The summed E-state index contributed by atoms with van der Waals surface area (Å²) in [6.07, 6.45) is 0.409. The van der Waals surface area contributed by atoms with Gasteiger partial charge in [0.05, 0.1) is 29.0 Å². The molecule has 10 heteroatoms. The molecule has 4 rings (SSSR count). The maximum atomic E-state index is 13.0. The van der Waals surface area contributed by atoms with Gasteiger partial charge in [-0.15, -0.1) is 11.8 Å². The number of carbonyl (C=O) groups excluding carboxylic acids is 3. The lowest BCUT2D eigenvalue weighted by Gasteiger charge is -2.38. The maximum Gasteiger partial charge on any atom is 0.398 e. The molecule has 2 aromatic carbocycles. The molecule has 2 unspecified atom stereocenters. The zero-order valence-electron chi connectivity index (χ0n) is 17.3. The second kappa shape index (κ2) is 9.30. The monoisotopic (exact) mass is 475 g/mol. The van der Waals surface area contributed by atoms with E-state index in [0.29, 0.717) is 30.3 Å². The number of benzene rings is 2. The molecule has 33 heavy (non-hydrogen) atoms. The number of hydrazine groups is 1. The molecule has 2 N–H and O–H groups in total. The number of para-hydroxylation sites is 1. The SMILES string of the molecule is O=C(Nc1ccccc1SCC(F)(F)F)c1cccc(N2NC(=O)C3CC=CCC3C2=O)c1. The van der Waals surface area contributed by atoms with Crippen LogP contribution in [0.5, 0.6) is 0 Å². The molecule has 2 atom stereocenters. The molecule has 1 fully saturated rings. The molecule has 1 saturated heterocycles. The van der Waals surface area contributed by atoms with Crippen LogP contribution in [-0.2, 0) is 9.59 Å². The zero-order valence-corrected chi connectivity index (χ0v) is 18.1. The van der Waals surface area contributed by atoms with Crippen LogP contribution in [-0.4, -0.2) is 29.7 Å². The minimum Gasteiger partial charge on any atom is -0.321 e. The summed E-state index contributed by atoms with van der Waals surface area (Å²) in [5.74, 6) is -3.01. The molecule has 1 heterocycles. The molecule has 2 aliphatic rings. The second-order valence-electron chi connectivity index (χ2n) is 7.71. The van der Waals surface area contributed by atoms with Crippen molar-refractivity contribution in [3.05, 3.63) is 66.2 Å². The summed E-state index contributed by atoms with van der Waals surface area (Å²) in [4.78, 5) is 38.6. The summed E-state index contributed by atoms with van der Waals surface area (Å²) in [6.45, 7) is 0. The molecule has 1 aliphatic heterocycles. The predicted octanol–water partition coefficient (Wildman–Crippen LogP) is 4.55. The smallest absolute Gasteiger partial charge is 0.321 e. The molecule has 172 valence electrons. The van der Waals surface area contributed by atoms with Gasteiger partial charge in [0.15, 0.2) is 0 Å². The van der Waals surface area contributed by atoms with Crippen LogP contribution >= 0.6 is 11.8 Å². The third kappa shape index (κ3) is 5.22. The van der Waals surface area contributed by atoms with Crippen molar-refractivity contribution < 1.29 is 27.6 Å². The van der Waals surface area contributed by atoms with Gasteiger partial charge < -0.3 is 5.32 Å². The van der Waals surface area contributed by atoms with E-state index in [2.05, 4.69) is 10.7 Å². The Morgan fingerprint density at radius 3 is 2.55 bits per heavy atom. The third-order valence-electron chi connectivity index (χ3n) is 5.42. The highest BCUT2D eigenvalue weighted by Crippen LogP contribution is 2.34. The van der Waals surface area contributed by atoms with Crippen molar-refractivity contribution in [3.63, 3.8) is 0 Å². The molecule has 0 saturated carbocycles. The van der Waals surface area contributed by atoms with Crippen LogP contribution in [0, 0.1) is 11.8 Å². The fraction of sp³-hybridized carbons (Fsp3) is 0.261. The van der Waals surface area contributed by atoms with Crippen LogP contribution in [0.25, 0.3) is 0 Å². The fourth-order valence-electron chi connectivity index (χ4n) is 3.82. The highest BCUT2D eigenvalue weighted by molar-refractivity contribution is 7.99. The van der Waals surface area contributed by atoms with Crippen LogP contribution in [0.3, 0.4) is 0 Å². The molecule has 3 amide bonds. The number of hydrogen-bond donors (Lipinski definition) is 2. The first-order chi connectivity index (χ1) is 15.7. The molecular formula is C23H20F3N3O3S. The average molecular weight is 475 g/mol. The van der Waals surface area contributed by atoms with Gasteiger partial charge in [0.1, 0.15) is 0 Å². The molecule has 0 bridgehead atoms. The molecule has 2 aromatic rings. The summed E-state index contributed by atoms with van der Waals surface area (Å²) in [7, 11) is 0. The molecule has 1 aliphatic carbocycles. The Morgan fingerprint density at radius 2 is 1.79 bits per heavy atom. The first-order valence-corrected chi connectivity index (χ1v) is 11.2. The van der Waals surface area contributed by atoms with Gasteiger partial charge in [0, 0.05) is 10.5 Å². The number of carbonyl (C=O) groups is 3. The van der Waals surface area contributed by atoms with Crippen molar-refractivity contribution in [1.82, 2.24) is 5.43 Å². The van der Waals surface area contributed by atoms with E-state index in [1.54, 1.807) is 24.3 Å². The van der Waals surface area contributed by atoms with Crippen molar-refractivity contribution >= 4 is 40.9 Å². The Hall–Kier alpha value is -3.27. The lowest BCUT2D eigenvalue weighted by Crippen LogP contribution is -2.59. The Morgan fingerprint density at radius 1 is 1.06 bits per heavy atom. The van der Waals surface area contributed by atoms with E-state index in [0.717, 1.165) is 5.01 Å². The number of amides is 3. The largest absolute Gasteiger partial charge is 0.398 e. The minimum absolute atomic E-state index is 0.191.